The number of para-hydroxylation sites is 1. The Morgan fingerprint density at radius 2 is 2.21 bits per heavy atom. The molecule has 7 heteroatoms. The molecule has 122 valence electrons. The van der Waals surface area contributed by atoms with Gasteiger partial charge in [-0.3, -0.25) is 9.89 Å². The maximum Gasteiger partial charge on any atom is 0.275 e. The zero-order valence-corrected chi connectivity index (χ0v) is 13.3. The molecule has 0 saturated carbocycles. The van der Waals surface area contributed by atoms with Gasteiger partial charge in [0.05, 0.1) is 18.7 Å². The van der Waals surface area contributed by atoms with Crippen molar-refractivity contribution in [2.45, 2.75) is 13.0 Å². The van der Waals surface area contributed by atoms with E-state index in [4.69, 9.17) is 4.74 Å². The first-order chi connectivity index (χ1) is 11.7. The number of benzene rings is 1. The number of nitrogens with zero attached hydrogens (tertiary/aromatic N) is 4. The van der Waals surface area contributed by atoms with Gasteiger partial charge in [0.15, 0.2) is 11.5 Å². The van der Waals surface area contributed by atoms with Crippen LogP contribution in [0.5, 0.6) is 0 Å². The number of rotatable bonds is 2. The van der Waals surface area contributed by atoms with Crippen LogP contribution in [-0.2, 0) is 4.74 Å². The highest BCUT2D eigenvalue weighted by Gasteiger charge is 2.29. The largest absolute Gasteiger partial charge is 0.367 e. The molecule has 1 aliphatic rings. The van der Waals surface area contributed by atoms with Crippen LogP contribution >= 0.6 is 0 Å². The standard InChI is InChI=1S/C17H17N5O2/c1-11-6-7-18-16(19-11)14-10-22(8-9-24-14)17(23)15-12-4-2-3-5-13(12)20-21-15/h2-7,14H,8-10H2,1H3,(H,20,21). The minimum absolute atomic E-state index is 0.103. The molecule has 1 aliphatic heterocycles. The summed E-state index contributed by atoms with van der Waals surface area (Å²) in [5, 5.41) is 7.93. The Labute approximate surface area is 138 Å². The van der Waals surface area contributed by atoms with Crippen molar-refractivity contribution in [2.75, 3.05) is 19.7 Å². The number of fused-ring (bicyclic) bond motifs is 1. The Morgan fingerprint density at radius 1 is 1.33 bits per heavy atom. The van der Waals surface area contributed by atoms with E-state index >= 15 is 0 Å². The van der Waals surface area contributed by atoms with Crippen LogP contribution in [-0.4, -0.2) is 50.7 Å². The first-order valence-electron chi connectivity index (χ1n) is 7.86. The molecule has 3 aromatic rings. The van der Waals surface area contributed by atoms with Gasteiger partial charge >= 0.3 is 0 Å². The van der Waals surface area contributed by atoms with Gasteiger partial charge in [0.2, 0.25) is 0 Å². The Balaban J connectivity index is 1.58. The number of aromatic amines is 1. The molecule has 24 heavy (non-hydrogen) atoms. The molecule has 7 nitrogen and oxygen atoms in total. The summed E-state index contributed by atoms with van der Waals surface area (Å²) in [5.74, 6) is 0.507. The minimum atomic E-state index is -0.312. The van der Waals surface area contributed by atoms with E-state index in [0.717, 1.165) is 16.6 Å². The number of H-pyrrole nitrogens is 1. The van der Waals surface area contributed by atoms with E-state index in [-0.39, 0.29) is 12.0 Å². The van der Waals surface area contributed by atoms with Crippen LogP contribution in [0.15, 0.2) is 36.5 Å². The Kier molecular flexibility index (Phi) is 3.70. The van der Waals surface area contributed by atoms with Gasteiger partial charge in [0.1, 0.15) is 6.10 Å². The van der Waals surface area contributed by atoms with E-state index < -0.39 is 0 Å². The van der Waals surface area contributed by atoms with Gasteiger partial charge in [-0.05, 0) is 19.1 Å². The van der Waals surface area contributed by atoms with Gasteiger partial charge in [-0.15, -0.1) is 0 Å². The molecule has 1 atom stereocenters. The number of aromatic nitrogens is 4. The molecule has 1 fully saturated rings. The number of amides is 1. The second-order valence-electron chi connectivity index (χ2n) is 5.78. The van der Waals surface area contributed by atoms with Crippen molar-refractivity contribution in [3.05, 3.63) is 53.7 Å². The smallest absolute Gasteiger partial charge is 0.275 e. The third-order valence-electron chi connectivity index (χ3n) is 4.13. The van der Waals surface area contributed by atoms with Crippen LogP contribution in [0.3, 0.4) is 0 Å². The maximum absolute atomic E-state index is 12.9. The molecule has 1 amide bonds. The molecule has 1 N–H and O–H groups in total. The number of nitrogens with one attached hydrogen (secondary N) is 1. The van der Waals surface area contributed by atoms with Crippen LogP contribution in [0.1, 0.15) is 28.1 Å². The van der Waals surface area contributed by atoms with Crippen LogP contribution in [0.2, 0.25) is 0 Å². The predicted molar refractivity (Wildman–Crippen MR) is 87.5 cm³/mol. The molecular formula is C17H17N5O2. The van der Waals surface area contributed by atoms with Crippen LogP contribution in [0.25, 0.3) is 10.9 Å². The van der Waals surface area contributed by atoms with E-state index in [1.54, 1.807) is 11.1 Å². The second kappa shape index (κ2) is 6.01. The molecule has 1 unspecified atom stereocenters. The quantitative estimate of drug-likeness (QED) is 0.778. The highest BCUT2D eigenvalue weighted by molar-refractivity contribution is 6.04. The summed E-state index contributed by atoms with van der Waals surface area (Å²) >= 11 is 0. The third-order valence-corrected chi connectivity index (χ3v) is 4.13. The van der Waals surface area contributed by atoms with Crippen molar-refractivity contribution in [1.82, 2.24) is 25.1 Å². The third kappa shape index (κ3) is 2.63. The minimum Gasteiger partial charge on any atom is -0.367 e. The average Bonchev–Trinajstić information content (AvgIpc) is 3.05. The Morgan fingerprint density at radius 3 is 3.08 bits per heavy atom. The molecule has 0 radical (unpaired) electrons. The van der Waals surface area contributed by atoms with Gasteiger partial charge in [0, 0.05) is 23.8 Å². The molecule has 1 saturated heterocycles. The lowest BCUT2D eigenvalue weighted by atomic mass is 10.1. The van der Waals surface area contributed by atoms with E-state index in [2.05, 4.69) is 20.2 Å². The molecule has 4 rings (SSSR count). The van der Waals surface area contributed by atoms with Gasteiger partial charge in [-0.2, -0.15) is 5.10 Å². The fraction of sp³-hybridized carbons (Fsp3) is 0.294. The van der Waals surface area contributed by atoms with Gasteiger partial charge in [-0.25, -0.2) is 9.97 Å². The number of morpholine rings is 1. The topological polar surface area (TPSA) is 84.0 Å². The summed E-state index contributed by atoms with van der Waals surface area (Å²) in [6.45, 7) is 3.31. The molecule has 0 spiro atoms. The van der Waals surface area contributed by atoms with Crippen molar-refractivity contribution >= 4 is 16.8 Å². The number of hydrogen-bond donors (Lipinski definition) is 1. The van der Waals surface area contributed by atoms with E-state index in [0.29, 0.717) is 31.2 Å². The first kappa shape index (κ1) is 14.8. The molecule has 1 aromatic carbocycles. The lowest BCUT2D eigenvalue weighted by Gasteiger charge is -2.31. The zero-order valence-electron chi connectivity index (χ0n) is 13.3. The number of hydrogen-bond acceptors (Lipinski definition) is 5. The van der Waals surface area contributed by atoms with E-state index in [1.807, 2.05) is 37.3 Å². The summed E-state index contributed by atoms with van der Waals surface area (Å²) in [4.78, 5) is 23.3. The Hall–Kier alpha value is -2.80. The van der Waals surface area contributed by atoms with Crippen molar-refractivity contribution < 1.29 is 9.53 Å². The van der Waals surface area contributed by atoms with E-state index in [1.165, 1.54) is 0 Å². The SMILES string of the molecule is Cc1ccnc(C2CN(C(=O)c3n[nH]c4ccccc34)CCO2)n1. The summed E-state index contributed by atoms with van der Waals surface area (Å²) in [7, 11) is 0. The number of carbonyl (C=O) groups excluding carboxylic acids is 1. The second-order valence-corrected chi connectivity index (χ2v) is 5.78. The highest BCUT2D eigenvalue weighted by atomic mass is 16.5. The van der Waals surface area contributed by atoms with Crippen LogP contribution < -0.4 is 0 Å². The highest BCUT2D eigenvalue weighted by Crippen LogP contribution is 2.22. The predicted octanol–water partition coefficient (Wildman–Crippen LogP) is 1.88. The normalized spacial score (nSPS) is 18.0. The summed E-state index contributed by atoms with van der Waals surface area (Å²) < 4.78 is 5.76. The molecule has 2 aromatic heterocycles. The molecule has 3 heterocycles. The van der Waals surface area contributed by atoms with Crippen LogP contribution in [0, 0.1) is 6.92 Å². The maximum atomic E-state index is 12.9. The summed E-state index contributed by atoms with van der Waals surface area (Å²) in [6.07, 6.45) is 1.40. The molecular weight excluding hydrogens is 306 g/mol. The van der Waals surface area contributed by atoms with Crippen LogP contribution in [0.4, 0.5) is 0 Å². The van der Waals surface area contributed by atoms with Crippen molar-refractivity contribution in [2.24, 2.45) is 0 Å². The number of ether oxygens (including phenoxy) is 1. The zero-order chi connectivity index (χ0) is 16.5. The van der Waals surface area contributed by atoms with Crippen molar-refractivity contribution in [1.29, 1.82) is 0 Å². The molecule has 0 bridgehead atoms. The van der Waals surface area contributed by atoms with Gasteiger partial charge in [0.25, 0.3) is 5.91 Å². The fourth-order valence-corrected chi connectivity index (χ4v) is 2.89. The van der Waals surface area contributed by atoms with Gasteiger partial charge in [-0.1, -0.05) is 18.2 Å². The monoisotopic (exact) mass is 323 g/mol. The van der Waals surface area contributed by atoms with E-state index in [9.17, 15) is 4.79 Å². The summed E-state index contributed by atoms with van der Waals surface area (Å²) in [5.41, 5.74) is 2.18. The first-order valence-corrected chi connectivity index (χ1v) is 7.86. The van der Waals surface area contributed by atoms with Crippen molar-refractivity contribution in [3.8, 4) is 0 Å². The number of aryl methyl sites for hydroxylation is 1. The Bertz CT molecular complexity index is 891. The number of carbonyl (C=O) groups is 1. The average molecular weight is 323 g/mol. The molecule has 0 aliphatic carbocycles. The van der Waals surface area contributed by atoms with Gasteiger partial charge < -0.3 is 9.64 Å². The lowest BCUT2D eigenvalue weighted by molar-refractivity contribution is -0.0270. The fourth-order valence-electron chi connectivity index (χ4n) is 2.89. The summed E-state index contributed by atoms with van der Waals surface area (Å²) in [6, 6.07) is 9.45. The van der Waals surface area contributed by atoms with Crippen molar-refractivity contribution in [3.63, 3.8) is 0 Å². The lowest BCUT2D eigenvalue weighted by Crippen LogP contribution is -2.42.